The Labute approximate surface area is 84.3 Å². The summed E-state index contributed by atoms with van der Waals surface area (Å²) in [4.78, 5) is 0. The average Bonchev–Trinajstić information content (AvgIpc) is 1.89. The van der Waals surface area contributed by atoms with Crippen LogP contribution in [0.15, 0.2) is 0 Å². The van der Waals surface area contributed by atoms with Crippen LogP contribution in [0.2, 0.25) is 0 Å². The van der Waals surface area contributed by atoms with E-state index in [0.29, 0.717) is 0 Å². The second-order valence-electron chi connectivity index (χ2n) is 4.38. The minimum absolute atomic E-state index is 1.00. The smallest absolute Gasteiger partial charge is 0.00310 e. The lowest BCUT2D eigenvalue weighted by Crippen LogP contribution is -2.25. The lowest BCUT2D eigenvalue weighted by molar-refractivity contribution is 0.365. The number of hydrogen-bond donors (Lipinski definition) is 0. The van der Waals surface area contributed by atoms with Gasteiger partial charge in [-0.2, -0.15) is 23.5 Å². The average molecular weight is 202 g/mol. The van der Waals surface area contributed by atoms with Gasteiger partial charge >= 0.3 is 0 Å². The highest BCUT2D eigenvalue weighted by atomic mass is 32.2. The third-order valence-electron chi connectivity index (χ3n) is 2.89. The van der Waals surface area contributed by atoms with Crippen LogP contribution < -0.4 is 0 Å². The Morgan fingerprint density at radius 2 is 1.42 bits per heavy atom. The van der Waals surface area contributed by atoms with Gasteiger partial charge in [0.15, 0.2) is 0 Å². The fraction of sp³-hybridized carbons (Fsp3) is 1.00. The van der Waals surface area contributed by atoms with Gasteiger partial charge in [-0.15, -0.1) is 0 Å². The Morgan fingerprint density at radius 1 is 1.00 bits per heavy atom. The molecule has 2 rings (SSSR count). The zero-order valence-electron chi connectivity index (χ0n) is 7.79. The van der Waals surface area contributed by atoms with Crippen molar-refractivity contribution in [3.8, 4) is 0 Å². The van der Waals surface area contributed by atoms with Gasteiger partial charge in [-0.25, -0.2) is 0 Å². The zero-order valence-corrected chi connectivity index (χ0v) is 9.42. The van der Waals surface area contributed by atoms with Crippen molar-refractivity contribution in [1.29, 1.82) is 0 Å². The molecule has 0 aliphatic carbocycles. The molecule has 0 atom stereocenters. The minimum atomic E-state index is 1.00. The summed E-state index contributed by atoms with van der Waals surface area (Å²) in [6, 6.07) is 0. The predicted molar refractivity (Wildman–Crippen MR) is 60.0 cm³/mol. The van der Waals surface area contributed by atoms with E-state index in [2.05, 4.69) is 30.4 Å². The van der Waals surface area contributed by atoms with Gasteiger partial charge in [0.25, 0.3) is 0 Å². The van der Waals surface area contributed by atoms with Gasteiger partial charge in [0.05, 0.1) is 0 Å². The van der Waals surface area contributed by atoms with Gasteiger partial charge in [-0.3, -0.25) is 0 Å². The van der Waals surface area contributed by atoms with Crippen LogP contribution in [-0.2, 0) is 0 Å². The summed E-state index contributed by atoms with van der Waals surface area (Å²) >= 11 is 4.24. The normalized spacial score (nSPS) is 25.5. The summed E-state index contributed by atoms with van der Waals surface area (Å²) in [5, 5.41) is 0. The first-order valence-corrected chi connectivity index (χ1v) is 7.31. The second-order valence-corrected chi connectivity index (χ2v) is 6.53. The van der Waals surface area contributed by atoms with E-state index in [9.17, 15) is 0 Å². The molecule has 0 aromatic carbocycles. The molecule has 0 bridgehead atoms. The Morgan fingerprint density at radius 3 is 1.67 bits per heavy atom. The van der Waals surface area contributed by atoms with Crippen molar-refractivity contribution < 1.29 is 0 Å². The van der Waals surface area contributed by atoms with Gasteiger partial charge in [0, 0.05) is 0 Å². The number of hydrogen-bond acceptors (Lipinski definition) is 2. The van der Waals surface area contributed by atoms with Crippen molar-refractivity contribution >= 4 is 23.5 Å². The molecule has 70 valence electrons. The largest absolute Gasteiger partial charge is 0.161 e. The quantitative estimate of drug-likeness (QED) is 0.687. The van der Waals surface area contributed by atoms with Gasteiger partial charge in [-0.1, -0.05) is 6.92 Å². The van der Waals surface area contributed by atoms with E-state index in [1.807, 2.05) is 0 Å². The summed E-state index contributed by atoms with van der Waals surface area (Å²) in [6.45, 7) is 2.45. The Bertz CT molecular complexity index is 123. The summed E-state index contributed by atoms with van der Waals surface area (Å²) < 4.78 is 0. The molecule has 0 N–H and O–H groups in total. The standard InChI is InChI=1S/C10H18S2/c1-8(2-9-4-11-5-9)3-10-6-12-7-10/h8-10H,2-7H2,1H3. The number of thioether (sulfide) groups is 2. The first kappa shape index (κ1) is 9.26. The van der Waals surface area contributed by atoms with Crippen molar-refractivity contribution in [1.82, 2.24) is 0 Å². The van der Waals surface area contributed by atoms with Crippen LogP contribution in [0.5, 0.6) is 0 Å². The summed E-state index contributed by atoms with van der Waals surface area (Å²) in [5.74, 6) is 8.96. The molecular formula is C10H18S2. The fourth-order valence-corrected chi connectivity index (χ4v) is 3.76. The minimum Gasteiger partial charge on any atom is -0.161 e. The van der Waals surface area contributed by atoms with Crippen LogP contribution in [0.3, 0.4) is 0 Å². The highest BCUT2D eigenvalue weighted by molar-refractivity contribution is 8.00. The molecule has 2 fully saturated rings. The molecular weight excluding hydrogens is 184 g/mol. The van der Waals surface area contributed by atoms with Crippen LogP contribution >= 0.6 is 23.5 Å². The van der Waals surface area contributed by atoms with E-state index in [1.54, 1.807) is 0 Å². The van der Waals surface area contributed by atoms with E-state index in [-0.39, 0.29) is 0 Å². The van der Waals surface area contributed by atoms with Crippen LogP contribution in [0, 0.1) is 17.8 Å². The summed E-state index contributed by atoms with van der Waals surface area (Å²) in [5.41, 5.74) is 0. The summed E-state index contributed by atoms with van der Waals surface area (Å²) in [7, 11) is 0. The van der Waals surface area contributed by atoms with Gasteiger partial charge in [0.2, 0.25) is 0 Å². The van der Waals surface area contributed by atoms with Crippen LogP contribution in [0.25, 0.3) is 0 Å². The molecule has 0 spiro atoms. The molecule has 0 aromatic heterocycles. The molecule has 0 radical (unpaired) electrons. The summed E-state index contributed by atoms with van der Waals surface area (Å²) in [6.07, 6.45) is 3.02. The molecule has 2 heterocycles. The van der Waals surface area contributed by atoms with Crippen LogP contribution in [0.1, 0.15) is 19.8 Å². The lowest BCUT2D eigenvalue weighted by atomic mass is 9.90. The molecule has 0 aromatic rings. The third-order valence-corrected chi connectivity index (χ3v) is 5.71. The Hall–Kier alpha value is 0.700. The van der Waals surface area contributed by atoms with Gasteiger partial charge < -0.3 is 0 Å². The van der Waals surface area contributed by atoms with Crippen molar-refractivity contribution in [2.75, 3.05) is 23.0 Å². The van der Waals surface area contributed by atoms with E-state index < -0.39 is 0 Å². The highest BCUT2D eigenvalue weighted by Crippen LogP contribution is 2.35. The molecule has 0 unspecified atom stereocenters. The van der Waals surface area contributed by atoms with Crippen molar-refractivity contribution in [2.24, 2.45) is 17.8 Å². The van der Waals surface area contributed by atoms with E-state index in [0.717, 1.165) is 17.8 Å². The van der Waals surface area contributed by atoms with Crippen molar-refractivity contribution in [2.45, 2.75) is 19.8 Å². The van der Waals surface area contributed by atoms with E-state index in [4.69, 9.17) is 0 Å². The molecule has 2 aliphatic rings. The second kappa shape index (κ2) is 4.28. The first-order valence-electron chi connectivity index (χ1n) is 5.00. The van der Waals surface area contributed by atoms with E-state index in [1.165, 1.54) is 35.9 Å². The molecule has 2 saturated heterocycles. The van der Waals surface area contributed by atoms with Crippen LogP contribution in [0.4, 0.5) is 0 Å². The molecule has 0 saturated carbocycles. The van der Waals surface area contributed by atoms with Gasteiger partial charge in [0.1, 0.15) is 0 Å². The molecule has 0 nitrogen and oxygen atoms in total. The van der Waals surface area contributed by atoms with Crippen molar-refractivity contribution in [3.63, 3.8) is 0 Å². The Balaban J connectivity index is 1.58. The van der Waals surface area contributed by atoms with E-state index >= 15 is 0 Å². The molecule has 0 amide bonds. The molecule has 2 aliphatic heterocycles. The maximum atomic E-state index is 2.45. The zero-order chi connectivity index (χ0) is 8.39. The first-order chi connectivity index (χ1) is 5.84. The monoisotopic (exact) mass is 202 g/mol. The predicted octanol–water partition coefficient (Wildman–Crippen LogP) is 3.13. The molecule has 12 heavy (non-hydrogen) atoms. The van der Waals surface area contributed by atoms with Crippen LogP contribution in [-0.4, -0.2) is 23.0 Å². The van der Waals surface area contributed by atoms with Crippen molar-refractivity contribution in [3.05, 3.63) is 0 Å². The highest BCUT2D eigenvalue weighted by Gasteiger charge is 2.24. The maximum absolute atomic E-state index is 2.45. The maximum Gasteiger partial charge on any atom is -0.00310 e. The third kappa shape index (κ3) is 2.35. The Kier molecular flexibility index (Phi) is 3.30. The lowest BCUT2D eigenvalue weighted by Gasteiger charge is -2.32. The SMILES string of the molecule is CC(CC1CSC1)CC1CSC1. The van der Waals surface area contributed by atoms with Gasteiger partial charge in [-0.05, 0) is 53.6 Å². The topological polar surface area (TPSA) is 0 Å². The fourth-order valence-electron chi connectivity index (χ4n) is 2.08. The number of rotatable bonds is 4. The molecule has 2 heteroatoms.